The zero-order valence-corrected chi connectivity index (χ0v) is 11.4. The van der Waals surface area contributed by atoms with Crippen LogP contribution < -0.4 is 8.92 Å². The molecule has 0 aliphatic heterocycles. The smallest absolute Gasteiger partial charge is 0.457 e. The molecule has 0 aliphatic carbocycles. The number of pyridine rings is 1. The Hall–Kier alpha value is -2.11. The van der Waals surface area contributed by atoms with Gasteiger partial charge in [0.15, 0.2) is 0 Å². The molecule has 0 bridgehead atoms. The molecule has 0 spiro atoms. The average molecular weight is 330 g/mol. The maximum Gasteiger partial charge on any atom is 0.534 e. The topological polar surface area (TPSA) is 109 Å². The summed E-state index contributed by atoms with van der Waals surface area (Å²) in [5.41, 5.74) is -5.71. The molecule has 12 heteroatoms. The van der Waals surface area contributed by atoms with Crippen LogP contribution >= 0.6 is 0 Å². The lowest BCUT2D eigenvalue weighted by Crippen LogP contribution is -2.28. The number of aromatic nitrogens is 1. The van der Waals surface area contributed by atoms with Crippen LogP contribution in [0.25, 0.3) is 0 Å². The van der Waals surface area contributed by atoms with Gasteiger partial charge >= 0.3 is 27.3 Å². The molecule has 0 unspecified atom stereocenters. The van der Waals surface area contributed by atoms with Crippen LogP contribution in [0.3, 0.4) is 0 Å². The monoisotopic (exact) mass is 330 g/mol. The van der Waals surface area contributed by atoms with E-state index < -0.39 is 38.2 Å². The molecular formula is C9H9F3N2O6S. The second kappa shape index (κ2) is 5.71. The Kier molecular flexibility index (Phi) is 4.61. The highest BCUT2D eigenvalue weighted by atomic mass is 32.2. The number of hydrogen-bond acceptors (Lipinski definition) is 7. The molecule has 0 N–H and O–H groups in total. The Labute approximate surface area is 116 Å². The number of nitro groups is 1. The lowest BCUT2D eigenvalue weighted by atomic mass is 10.4. The van der Waals surface area contributed by atoms with E-state index >= 15 is 0 Å². The number of ether oxygens (including phenoxy) is 1. The number of nitrogens with zero attached hydrogens (tertiary/aromatic N) is 2. The quantitative estimate of drug-likeness (QED) is 0.351. The Bertz CT molecular complexity index is 643. The summed E-state index contributed by atoms with van der Waals surface area (Å²) in [7, 11) is -6.03. The second-order valence-electron chi connectivity index (χ2n) is 3.88. The van der Waals surface area contributed by atoms with E-state index in [-0.39, 0.29) is 5.88 Å². The number of halogens is 3. The number of alkyl halides is 3. The van der Waals surface area contributed by atoms with Crippen molar-refractivity contribution in [1.29, 1.82) is 0 Å². The van der Waals surface area contributed by atoms with Crippen LogP contribution in [-0.4, -0.2) is 29.9 Å². The van der Waals surface area contributed by atoms with E-state index in [9.17, 15) is 31.7 Å². The zero-order valence-electron chi connectivity index (χ0n) is 10.6. The van der Waals surface area contributed by atoms with Crippen molar-refractivity contribution in [2.45, 2.75) is 25.5 Å². The van der Waals surface area contributed by atoms with Gasteiger partial charge in [0, 0.05) is 11.1 Å². The van der Waals surface area contributed by atoms with Gasteiger partial charge in [-0.25, -0.2) is 0 Å². The van der Waals surface area contributed by atoms with Crippen molar-refractivity contribution in [2.24, 2.45) is 0 Å². The fourth-order valence-electron chi connectivity index (χ4n) is 1.09. The maximum absolute atomic E-state index is 12.2. The molecule has 0 aromatic carbocycles. The predicted octanol–water partition coefficient (Wildman–Crippen LogP) is 2.01. The van der Waals surface area contributed by atoms with Gasteiger partial charge < -0.3 is 19.0 Å². The molecule has 21 heavy (non-hydrogen) atoms. The lowest BCUT2D eigenvalue weighted by Gasteiger charge is -2.10. The van der Waals surface area contributed by atoms with Crippen molar-refractivity contribution in [3.05, 3.63) is 22.2 Å². The van der Waals surface area contributed by atoms with Crippen molar-refractivity contribution in [1.82, 2.24) is 4.98 Å². The Balaban J connectivity index is 3.23. The molecule has 0 radical (unpaired) electrons. The third kappa shape index (κ3) is 4.18. The van der Waals surface area contributed by atoms with Crippen molar-refractivity contribution in [3.8, 4) is 11.6 Å². The molecular weight excluding hydrogens is 321 g/mol. The minimum absolute atomic E-state index is 0.256. The summed E-state index contributed by atoms with van der Waals surface area (Å²) in [6, 6.07) is 1.61. The fourth-order valence-corrected chi connectivity index (χ4v) is 1.55. The number of rotatable bonds is 5. The summed E-state index contributed by atoms with van der Waals surface area (Å²) in [5, 5.41) is 10.7. The molecule has 8 nitrogen and oxygen atoms in total. The molecule has 0 atom stereocenters. The van der Waals surface area contributed by atoms with Gasteiger partial charge in [0.2, 0.25) is 5.75 Å². The van der Waals surface area contributed by atoms with Gasteiger partial charge in [-0.05, 0) is 24.8 Å². The first-order chi connectivity index (χ1) is 9.44. The molecule has 1 aromatic rings. The average Bonchev–Trinajstić information content (AvgIpc) is 2.28. The molecule has 0 fully saturated rings. The summed E-state index contributed by atoms with van der Waals surface area (Å²) in [6.45, 7) is 3.18. The molecule has 0 aliphatic rings. The summed E-state index contributed by atoms with van der Waals surface area (Å²) in [4.78, 5) is 12.8. The number of hydrogen-bond donors (Lipinski definition) is 0. The highest BCUT2D eigenvalue weighted by Gasteiger charge is 2.49. The van der Waals surface area contributed by atoms with Gasteiger partial charge in [-0.1, -0.05) is 0 Å². The molecule has 1 aromatic heterocycles. The lowest BCUT2D eigenvalue weighted by molar-refractivity contribution is -0.390. The zero-order chi connectivity index (χ0) is 16.4. The first kappa shape index (κ1) is 16.9. The van der Waals surface area contributed by atoms with Crippen molar-refractivity contribution in [3.63, 3.8) is 0 Å². The standard InChI is InChI=1S/C9H9F3N2O6S/c1-5(2)19-7-4-3-6(8(13-7)14(15)16)20-21(17,18)9(10,11)12/h3-5H,1-2H3. The molecule has 0 saturated carbocycles. The summed E-state index contributed by atoms with van der Waals surface area (Å²) >= 11 is 0. The van der Waals surface area contributed by atoms with Crippen molar-refractivity contribution < 1.29 is 35.4 Å². The minimum Gasteiger partial charge on any atom is -0.457 e. The first-order valence-corrected chi connectivity index (χ1v) is 6.67. The van der Waals surface area contributed by atoms with Gasteiger partial charge in [-0.2, -0.15) is 21.6 Å². The van der Waals surface area contributed by atoms with Gasteiger partial charge in [0.25, 0.3) is 0 Å². The molecule has 118 valence electrons. The Morgan fingerprint density at radius 2 is 1.90 bits per heavy atom. The maximum atomic E-state index is 12.2. The van der Waals surface area contributed by atoms with Gasteiger partial charge in [-0.3, -0.25) is 0 Å². The van der Waals surface area contributed by atoms with Crippen LogP contribution in [0.15, 0.2) is 12.1 Å². The van der Waals surface area contributed by atoms with Crippen LogP contribution in [0.1, 0.15) is 13.8 Å². The summed E-state index contributed by atoms with van der Waals surface area (Å²) in [6.07, 6.45) is -0.400. The van der Waals surface area contributed by atoms with Crippen LogP contribution in [0.2, 0.25) is 0 Å². The van der Waals surface area contributed by atoms with E-state index in [4.69, 9.17) is 4.74 Å². The Morgan fingerprint density at radius 3 is 2.33 bits per heavy atom. The highest BCUT2D eigenvalue weighted by molar-refractivity contribution is 7.88. The van der Waals surface area contributed by atoms with E-state index in [1.807, 2.05) is 0 Å². The van der Waals surface area contributed by atoms with Crippen LogP contribution in [0, 0.1) is 10.1 Å². The summed E-state index contributed by atoms with van der Waals surface area (Å²) < 4.78 is 66.9. The molecule has 1 rings (SSSR count). The van der Waals surface area contributed by atoms with E-state index in [1.165, 1.54) is 0 Å². The van der Waals surface area contributed by atoms with Gasteiger partial charge in [0.05, 0.1) is 6.10 Å². The second-order valence-corrected chi connectivity index (χ2v) is 5.42. The highest BCUT2D eigenvalue weighted by Crippen LogP contribution is 2.33. The van der Waals surface area contributed by atoms with Gasteiger partial charge in [0.1, 0.15) is 0 Å². The fraction of sp³-hybridized carbons (Fsp3) is 0.444. The van der Waals surface area contributed by atoms with Crippen LogP contribution in [-0.2, 0) is 10.1 Å². The van der Waals surface area contributed by atoms with Crippen molar-refractivity contribution >= 4 is 15.9 Å². The third-order valence-electron chi connectivity index (χ3n) is 1.83. The van der Waals surface area contributed by atoms with Crippen molar-refractivity contribution in [2.75, 3.05) is 0 Å². The SMILES string of the molecule is CC(C)Oc1ccc(OS(=O)(=O)C(F)(F)F)c([N+](=O)[O-])n1. The van der Waals surface area contributed by atoms with E-state index in [0.717, 1.165) is 6.07 Å². The Morgan fingerprint density at radius 1 is 1.33 bits per heavy atom. The predicted molar refractivity (Wildman–Crippen MR) is 62.3 cm³/mol. The normalized spacial score (nSPS) is 12.3. The largest absolute Gasteiger partial charge is 0.534 e. The first-order valence-electron chi connectivity index (χ1n) is 5.27. The van der Waals surface area contributed by atoms with Crippen LogP contribution in [0.4, 0.5) is 19.0 Å². The summed E-state index contributed by atoms with van der Waals surface area (Å²) in [5.74, 6) is -2.62. The minimum atomic E-state index is -6.03. The van der Waals surface area contributed by atoms with Crippen LogP contribution in [0.5, 0.6) is 11.6 Å². The molecule has 0 amide bonds. The third-order valence-corrected chi connectivity index (χ3v) is 2.79. The van der Waals surface area contributed by atoms with E-state index in [1.54, 1.807) is 13.8 Å². The molecule has 1 heterocycles. The van der Waals surface area contributed by atoms with E-state index in [2.05, 4.69) is 9.17 Å². The molecule has 0 saturated heterocycles. The van der Waals surface area contributed by atoms with Gasteiger partial charge in [-0.15, -0.1) is 0 Å². The van der Waals surface area contributed by atoms with E-state index in [0.29, 0.717) is 6.07 Å².